The van der Waals surface area contributed by atoms with Gasteiger partial charge in [-0.1, -0.05) is 52.2 Å². The number of nitrogens with zero attached hydrogens (tertiary/aromatic N) is 1. The van der Waals surface area contributed by atoms with Gasteiger partial charge in [0.05, 0.1) is 19.6 Å². The predicted octanol–water partition coefficient (Wildman–Crippen LogP) is 5.64. The van der Waals surface area contributed by atoms with E-state index in [2.05, 4.69) is 32.9 Å². The lowest BCUT2D eigenvalue weighted by Gasteiger charge is -2.39. The summed E-state index contributed by atoms with van der Waals surface area (Å²) in [6.07, 6.45) is 11.6. The minimum absolute atomic E-state index is 0.127. The van der Waals surface area contributed by atoms with Crippen molar-refractivity contribution in [1.29, 1.82) is 0 Å². The van der Waals surface area contributed by atoms with Crippen molar-refractivity contribution in [2.24, 2.45) is 0 Å². The Morgan fingerprint density at radius 2 is 1.04 bits per heavy atom. The van der Waals surface area contributed by atoms with Crippen LogP contribution < -0.4 is 9.59 Å². The second-order valence-corrected chi connectivity index (χ2v) is 6.93. The van der Waals surface area contributed by atoms with Gasteiger partial charge in [-0.25, -0.2) is 0 Å². The maximum Gasteiger partial charge on any atom is 0.132 e. The van der Waals surface area contributed by atoms with Gasteiger partial charge in [0.2, 0.25) is 0 Å². The van der Waals surface area contributed by atoms with Crippen LogP contribution >= 0.6 is 0 Å². The summed E-state index contributed by atoms with van der Waals surface area (Å²) >= 11 is 0. The molecule has 0 bridgehead atoms. The van der Waals surface area contributed by atoms with Gasteiger partial charge >= 0.3 is 0 Å². The zero-order valence-electron chi connectivity index (χ0n) is 15.7. The lowest BCUT2D eigenvalue weighted by atomic mass is 10.1. The lowest BCUT2D eigenvalue weighted by molar-refractivity contribution is -0.268. The molecule has 0 aromatic heterocycles. The first-order chi connectivity index (χ1) is 11.2. The standard InChI is InChI=1S/C21H37NO/c1-4-7-10-17-22(18-11-8-5-2,19-12-9-6-3)20-13-15-21(23)16-14-20/h13-16H,4-12,17-19H2,1-3H3. The van der Waals surface area contributed by atoms with Gasteiger partial charge in [0, 0.05) is 0 Å². The van der Waals surface area contributed by atoms with Crippen LogP contribution in [0.1, 0.15) is 78.6 Å². The van der Waals surface area contributed by atoms with E-state index in [9.17, 15) is 5.11 Å². The first kappa shape index (κ1) is 20.0. The molecule has 1 aromatic carbocycles. The average Bonchev–Trinajstić information content (AvgIpc) is 2.56. The Morgan fingerprint density at radius 1 is 0.652 bits per heavy atom. The predicted molar refractivity (Wildman–Crippen MR) is 101 cm³/mol. The normalized spacial score (nSPS) is 11.8. The van der Waals surface area contributed by atoms with Crippen LogP contribution in [0, 0.1) is 0 Å². The molecule has 0 N–H and O–H groups in total. The molecular formula is C21H37NO. The zero-order chi connectivity index (χ0) is 17.0. The minimum Gasteiger partial charge on any atom is -0.872 e. The van der Waals surface area contributed by atoms with Crippen molar-refractivity contribution >= 4 is 5.69 Å². The van der Waals surface area contributed by atoms with Crippen molar-refractivity contribution in [3.05, 3.63) is 24.3 Å². The summed E-state index contributed by atoms with van der Waals surface area (Å²) in [7, 11) is 0. The SMILES string of the molecule is CCCCC[N+](CCCCC)(CCCCC)c1ccc([O-])cc1. The van der Waals surface area contributed by atoms with E-state index in [0.717, 1.165) is 4.48 Å². The molecule has 0 aliphatic rings. The minimum atomic E-state index is 0.127. The summed E-state index contributed by atoms with van der Waals surface area (Å²) in [5, 5.41) is 11.5. The summed E-state index contributed by atoms with van der Waals surface area (Å²) < 4.78 is 1.08. The number of unbranched alkanes of at least 4 members (excludes halogenated alkanes) is 6. The maximum absolute atomic E-state index is 11.5. The second-order valence-electron chi connectivity index (χ2n) is 6.93. The fourth-order valence-electron chi connectivity index (χ4n) is 3.48. The Morgan fingerprint density at radius 3 is 1.39 bits per heavy atom. The molecule has 0 aliphatic carbocycles. The van der Waals surface area contributed by atoms with Gasteiger partial charge in [0.15, 0.2) is 0 Å². The summed E-state index contributed by atoms with van der Waals surface area (Å²) in [6, 6.07) is 7.68. The first-order valence-corrected chi connectivity index (χ1v) is 9.82. The van der Waals surface area contributed by atoms with Gasteiger partial charge < -0.3 is 5.11 Å². The molecule has 0 heterocycles. The highest BCUT2D eigenvalue weighted by atomic mass is 16.3. The number of quaternary nitrogens is 1. The fraction of sp³-hybridized carbons (Fsp3) is 0.714. The smallest absolute Gasteiger partial charge is 0.132 e. The van der Waals surface area contributed by atoms with Gasteiger partial charge in [-0.3, -0.25) is 4.48 Å². The van der Waals surface area contributed by atoms with Gasteiger partial charge in [-0.05, 0) is 50.7 Å². The molecule has 0 fully saturated rings. The monoisotopic (exact) mass is 319 g/mol. The molecule has 132 valence electrons. The molecule has 1 rings (SSSR count). The first-order valence-electron chi connectivity index (χ1n) is 9.82. The molecule has 2 nitrogen and oxygen atoms in total. The van der Waals surface area contributed by atoms with Gasteiger partial charge in [-0.15, -0.1) is 5.75 Å². The van der Waals surface area contributed by atoms with Crippen molar-refractivity contribution in [2.45, 2.75) is 78.6 Å². The van der Waals surface area contributed by atoms with Crippen LogP contribution in [0.15, 0.2) is 24.3 Å². The third-order valence-electron chi connectivity index (χ3n) is 4.95. The lowest BCUT2D eigenvalue weighted by Crippen LogP contribution is -2.51. The fourth-order valence-corrected chi connectivity index (χ4v) is 3.48. The highest BCUT2D eigenvalue weighted by molar-refractivity contribution is 5.45. The Bertz CT molecular complexity index is 372. The third kappa shape index (κ3) is 6.95. The van der Waals surface area contributed by atoms with Crippen molar-refractivity contribution in [3.63, 3.8) is 0 Å². The third-order valence-corrected chi connectivity index (χ3v) is 4.95. The number of benzene rings is 1. The van der Waals surface area contributed by atoms with E-state index in [1.54, 1.807) is 12.1 Å². The van der Waals surface area contributed by atoms with Crippen molar-refractivity contribution < 1.29 is 5.11 Å². The second kappa shape index (κ2) is 11.5. The van der Waals surface area contributed by atoms with E-state index >= 15 is 0 Å². The summed E-state index contributed by atoms with van der Waals surface area (Å²) in [5.74, 6) is 0.127. The summed E-state index contributed by atoms with van der Waals surface area (Å²) in [6.45, 7) is 10.5. The van der Waals surface area contributed by atoms with Crippen molar-refractivity contribution in [1.82, 2.24) is 4.48 Å². The highest BCUT2D eigenvalue weighted by Gasteiger charge is 2.28. The Labute approximate surface area is 144 Å². The van der Waals surface area contributed by atoms with Crippen LogP contribution in [0.4, 0.5) is 5.69 Å². The van der Waals surface area contributed by atoms with Crippen molar-refractivity contribution in [3.8, 4) is 5.75 Å². The molecular weight excluding hydrogens is 282 g/mol. The van der Waals surface area contributed by atoms with Crippen LogP contribution in [-0.2, 0) is 0 Å². The quantitative estimate of drug-likeness (QED) is 0.341. The molecule has 0 spiro atoms. The molecule has 0 aliphatic heterocycles. The highest BCUT2D eigenvalue weighted by Crippen LogP contribution is 2.28. The Kier molecular flexibility index (Phi) is 10.0. The van der Waals surface area contributed by atoms with E-state index in [-0.39, 0.29) is 5.75 Å². The largest absolute Gasteiger partial charge is 0.872 e. The van der Waals surface area contributed by atoms with E-state index in [0.29, 0.717) is 0 Å². The maximum atomic E-state index is 11.5. The summed E-state index contributed by atoms with van der Waals surface area (Å²) in [4.78, 5) is 0. The van der Waals surface area contributed by atoms with Gasteiger partial charge in [0.25, 0.3) is 0 Å². The van der Waals surface area contributed by atoms with Crippen LogP contribution in [-0.4, -0.2) is 19.6 Å². The van der Waals surface area contributed by atoms with E-state index in [1.807, 2.05) is 0 Å². The summed E-state index contributed by atoms with van der Waals surface area (Å²) in [5.41, 5.74) is 1.35. The van der Waals surface area contributed by atoms with Gasteiger partial charge in [0.1, 0.15) is 5.69 Å². The number of rotatable bonds is 13. The molecule has 2 heteroatoms. The van der Waals surface area contributed by atoms with E-state index < -0.39 is 0 Å². The van der Waals surface area contributed by atoms with E-state index in [4.69, 9.17) is 0 Å². The number of hydrogen-bond acceptors (Lipinski definition) is 1. The van der Waals surface area contributed by atoms with E-state index in [1.165, 1.54) is 83.1 Å². The Hall–Kier alpha value is -1.02. The topological polar surface area (TPSA) is 23.1 Å². The van der Waals surface area contributed by atoms with Crippen LogP contribution in [0.25, 0.3) is 0 Å². The van der Waals surface area contributed by atoms with Crippen LogP contribution in [0.2, 0.25) is 0 Å². The number of hydrogen-bond donors (Lipinski definition) is 0. The van der Waals surface area contributed by atoms with Crippen LogP contribution in [0.3, 0.4) is 0 Å². The molecule has 0 amide bonds. The molecule has 1 aromatic rings. The molecule has 0 unspecified atom stereocenters. The molecule has 0 radical (unpaired) electrons. The van der Waals surface area contributed by atoms with Crippen molar-refractivity contribution in [2.75, 3.05) is 19.6 Å². The molecule has 23 heavy (non-hydrogen) atoms. The average molecular weight is 320 g/mol. The molecule has 0 saturated carbocycles. The Balaban J connectivity index is 2.95. The zero-order valence-corrected chi connectivity index (χ0v) is 15.7. The van der Waals surface area contributed by atoms with Gasteiger partial charge in [-0.2, -0.15) is 0 Å². The molecule has 0 atom stereocenters. The van der Waals surface area contributed by atoms with Crippen LogP contribution in [0.5, 0.6) is 5.75 Å². The molecule has 0 saturated heterocycles.